The minimum Gasteiger partial charge on any atom is -0.391 e. The van der Waals surface area contributed by atoms with Crippen LogP contribution in [0.3, 0.4) is 0 Å². The van der Waals surface area contributed by atoms with Crippen LogP contribution >= 0.6 is 11.6 Å². The SMILES string of the molecule is OC(Cc1ccncc1Cl)Cn1cnc2ccccc21. The third kappa shape index (κ3) is 2.66. The Morgan fingerprint density at radius 1 is 1.25 bits per heavy atom. The van der Waals surface area contributed by atoms with Crippen LogP contribution in [0.25, 0.3) is 11.0 Å². The van der Waals surface area contributed by atoms with Crippen molar-refractivity contribution in [2.75, 3.05) is 0 Å². The average molecular weight is 288 g/mol. The quantitative estimate of drug-likeness (QED) is 0.803. The Bertz CT molecular complexity index is 726. The van der Waals surface area contributed by atoms with Gasteiger partial charge >= 0.3 is 0 Å². The second kappa shape index (κ2) is 5.61. The maximum absolute atomic E-state index is 10.2. The summed E-state index contributed by atoms with van der Waals surface area (Å²) < 4.78 is 1.95. The van der Waals surface area contributed by atoms with E-state index in [4.69, 9.17) is 11.6 Å². The van der Waals surface area contributed by atoms with Gasteiger partial charge in [-0.25, -0.2) is 4.98 Å². The predicted molar refractivity (Wildman–Crippen MR) is 78.7 cm³/mol. The highest BCUT2D eigenvalue weighted by atomic mass is 35.5. The van der Waals surface area contributed by atoms with Gasteiger partial charge in [-0.05, 0) is 23.8 Å². The van der Waals surface area contributed by atoms with Gasteiger partial charge in [0.05, 0.1) is 35.0 Å². The maximum Gasteiger partial charge on any atom is 0.0959 e. The van der Waals surface area contributed by atoms with E-state index in [1.165, 1.54) is 0 Å². The highest BCUT2D eigenvalue weighted by Crippen LogP contribution is 2.17. The largest absolute Gasteiger partial charge is 0.391 e. The van der Waals surface area contributed by atoms with E-state index in [1.807, 2.05) is 34.9 Å². The van der Waals surface area contributed by atoms with Crippen molar-refractivity contribution < 1.29 is 5.11 Å². The molecule has 2 aromatic heterocycles. The lowest BCUT2D eigenvalue weighted by molar-refractivity contribution is 0.155. The average Bonchev–Trinajstić information content (AvgIpc) is 2.85. The summed E-state index contributed by atoms with van der Waals surface area (Å²) in [6.07, 6.45) is 5.00. The number of hydrogen-bond donors (Lipinski definition) is 1. The van der Waals surface area contributed by atoms with Gasteiger partial charge < -0.3 is 9.67 Å². The predicted octanol–water partition coefficient (Wildman–Crippen LogP) is 2.69. The normalized spacial score (nSPS) is 12.7. The van der Waals surface area contributed by atoms with Crippen molar-refractivity contribution in [2.24, 2.45) is 0 Å². The molecule has 0 aliphatic rings. The molecule has 0 aliphatic heterocycles. The number of imidazole rings is 1. The number of aromatic nitrogens is 3. The van der Waals surface area contributed by atoms with E-state index in [0.29, 0.717) is 18.0 Å². The van der Waals surface area contributed by atoms with E-state index in [0.717, 1.165) is 16.6 Å². The highest BCUT2D eigenvalue weighted by Gasteiger charge is 2.11. The molecular weight excluding hydrogens is 274 g/mol. The van der Waals surface area contributed by atoms with Gasteiger partial charge in [-0.1, -0.05) is 23.7 Å². The van der Waals surface area contributed by atoms with Gasteiger partial charge in [-0.2, -0.15) is 0 Å². The summed E-state index contributed by atoms with van der Waals surface area (Å²) in [6.45, 7) is 0.485. The number of rotatable bonds is 4. The van der Waals surface area contributed by atoms with Gasteiger partial charge in [0.2, 0.25) is 0 Å². The number of fused-ring (bicyclic) bond motifs is 1. The van der Waals surface area contributed by atoms with Crippen LogP contribution in [-0.4, -0.2) is 25.7 Å². The molecule has 20 heavy (non-hydrogen) atoms. The molecule has 1 aromatic carbocycles. The van der Waals surface area contributed by atoms with Crippen molar-refractivity contribution in [2.45, 2.75) is 19.1 Å². The molecule has 0 radical (unpaired) electrons. The maximum atomic E-state index is 10.2. The Morgan fingerprint density at radius 3 is 2.95 bits per heavy atom. The summed E-state index contributed by atoms with van der Waals surface area (Å²) in [5.41, 5.74) is 2.85. The van der Waals surface area contributed by atoms with E-state index in [9.17, 15) is 5.11 Å². The van der Waals surface area contributed by atoms with Crippen molar-refractivity contribution in [3.05, 3.63) is 59.6 Å². The molecule has 1 unspecified atom stereocenters. The smallest absolute Gasteiger partial charge is 0.0959 e. The van der Waals surface area contributed by atoms with Gasteiger partial charge in [0, 0.05) is 18.8 Å². The standard InChI is InChI=1S/C15H14ClN3O/c16-13-8-17-6-5-11(13)7-12(20)9-19-10-18-14-3-1-2-4-15(14)19/h1-6,8,10,12,20H,7,9H2. The number of aliphatic hydroxyl groups excluding tert-OH is 1. The van der Waals surface area contributed by atoms with E-state index in [2.05, 4.69) is 9.97 Å². The summed E-state index contributed by atoms with van der Waals surface area (Å²) in [7, 11) is 0. The summed E-state index contributed by atoms with van der Waals surface area (Å²) >= 11 is 6.05. The molecule has 1 N–H and O–H groups in total. The van der Waals surface area contributed by atoms with E-state index >= 15 is 0 Å². The number of halogens is 1. The molecule has 3 aromatic rings. The molecule has 4 nitrogen and oxygen atoms in total. The highest BCUT2D eigenvalue weighted by molar-refractivity contribution is 6.31. The first-order valence-electron chi connectivity index (χ1n) is 6.40. The second-order valence-electron chi connectivity index (χ2n) is 4.71. The van der Waals surface area contributed by atoms with Crippen LogP contribution in [0.4, 0.5) is 0 Å². The monoisotopic (exact) mass is 287 g/mol. The van der Waals surface area contributed by atoms with Crippen LogP contribution < -0.4 is 0 Å². The van der Waals surface area contributed by atoms with Crippen LogP contribution in [0, 0.1) is 0 Å². The van der Waals surface area contributed by atoms with Gasteiger partial charge in [0.1, 0.15) is 0 Å². The lowest BCUT2D eigenvalue weighted by Crippen LogP contribution is -2.18. The Morgan fingerprint density at radius 2 is 2.10 bits per heavy atom. The molecule has 0 amide bonds. The van der Waals surface area contributed by atoms with Gasteiger partial charge in [-0.3, -0.25) is 4.98 Å². The van der Waals surface area contributed by atoms with Crippen molar-refractivity contribution >= 4 is 22.6 Å². The number of aliphatic hydroxyl groups is 1. The molecule has 5 heteroatoms. The van der Waals surface area contributed by atoms with Crippen LogP contribution in [0.15, 0.2) is 49.1 Å². The van der Waals surface area contributed by atoms with Crippen LogP contribution in [0.5, 0.6) is 0 Å². The molecule has 0 saturated carbocycles. The van der Waals surface area contributed by atoms with Crippen molar-refractivity contribution in [1.29, 1.82) is 0 Å². The zero-order chi connectivity index (χ0) is 13.9. The molecule has 3 rings (SSSR count). The first-order valence-corrected chi connectivity index (χ1v) is 6.78. The van der Waals surface area contributed by atoms with Crippen LogP contribution in [0.1, 0.15) is 5.56 Å². The first-order chi connectivity index (χ1) is 9.74. The van der Waals surface area contributed by atoms with Gasteiger partial charge in [0.15, 0.2) is 0 Å². The zero-order valence-corrected chi connectivity index (χ0v) is 11.5. The number of nitrogens with zero attached hydrogens (tertiary/aromatic N) is 3. The van der Waals surface area contributed by atoms with Crippen molar-refractivity contribution in [3.8, 4) is 0 Å². The molecule has 0 aliphatic carbocycles. The summed E-state index contributed by atoms with van der Waals surface area (Å²) in [5, 5.41) is 10.8. The molecule has 102 valence electrons. The fourth-order valence-corrected chi connectivity index (χ4v) is 2.47. The van der Waals surface area contributed by atoms with E-state index < -0.39 is 6.10 Å². The lowest BCUT2D eigenvalue weighted by atomic mass is 10.1. The van der Waals surface area contributed by atoms with E-state index in [1.54, 1.807) is 18.7 Å². The molecule has 0 saturated heterocycles. The third-order valence-electron chi connectivity index (χ3n) is 3.25. The van der Waals surface area contributed by atoms with Crippen LogP contribution in [0.2, 0.25) is 5.02 Å². The fraction of sp³-hybridized carbons (Fsp3) is 0.200. The lowest BCUT2D eigenvalue weighted by Gasteiger charge is -2.13. The minimum absolute atomic E-state index is 0.485. The number of benzene rings is 1. The summed E-state index contributed by atoms with van der Waals surface area (Å²) in [5.74, 6) is 0. The summed E-state index contributed by atoms with van der Waals surface area (Å²) in [6, 6.07) is 9.70. The minimum atomic E-state index is -0.521. The molecule has 0 bridgehead atoms. The van der Waals surface area contributed by atoms with Crippen molar-refractivity contribution in [1.82, 2.24) is 14.5 Å². The van der Waals surface area contributed by atoms with Crippen LogP contribution in [-0.2, 0) is 13.0 Å². The first kappa shape index (κ1) is 13.1. The second-order valence-corrected chi connectivity index (χ2v) is 5.12. The Labute approximate surface area is 121 Å². The van der Waals surface area contributed by atoms with Gasteiger partial charge in [-0.15, -0.1) is 0 Å². The molecule has 0 fully saturated rings. The topological polar surface area (TPSA) is 50.9 Å². The molecule has 2 heterocycles. The Balaban J connectivity index is 1.76. The van der Waals surface area contributed by atoms with E-state index in [-0.39, 0.29) is 0 Å². The zero-order valence-electron chi connectivity index (χ0n) is 10.8. The third-order valence-corrected chi connectivity index (χ3v) is 3.59. The molecular formula is C15H14ClN3O. The molecule has 1 atom stereocenters. The fourth-order valence-electron chi connectivity index (χ4n) is 2.27. The number of hydrogen-bond acceptors (Lipinski definition) is 3. The molecule has 0 spiro atoms. The number of para-hydroxylation sites is 2. The van der Waals surface area contributed by atoms with Gasteiger partial charge in [0.25, 0.3) is 0 Å². The number of pyridine rings is 1. The Kier molecular flexibility index (Phi) is 3.67. The summed E-state index contributed by atoms with van der Waals surface area (Å²) in [4.78, 5) is 8.25. The van der Waals surface area contributed by atoms with Crippen molar-refractivity contribution in [3.63, 3.8) is 0 Å². The Hall–Kier alpha value is -1.91.